The molecular formula is C25H34N2O2. The normalized spacial score (nSPS) is 13.3. The van der Waals surface area contributed by atoms with E-state index in [-0.39, 0.29) is 11.8 Å². The molecule has 1 N–H and O–H groups in total. The molecule has 4 heteroatoms. The van der Waals surface area contributed by atoms with Gasteiger partial charge in [-0.05, 0) is 49.6 Å². The molecule has 0 radical (unpaired) electrons. The van der Waals surface area contributed by atoms with E-state index < -0.39 is 0 Å². The van der Waals surface area contributed by atoms with Gasteiger partial charge in [-0.1, -0.05) is 63.5 Å². The van der Waals surface area contributed by atoms with Gasteiger partial charge < -0.3 is 5.32 Å². The molecule has 1 aliphatic heterocycles. The third-order valence-electron chi connectivity index (χ3n) is 4.18. The zero-order valence-electron chi connectivity index (χ0n) is 18.8. The van der Waals surface area contributed by atoms with Crippen LogP contribution in [0.25, 0.3) is 5.70 Å². The Morgan fingerprint density at radius 3 is 2.07 bits per heavy atom. The first-order chi connectivity index (χ1) is 13.8. The van der Waals surface area contributed by atoms with Crippen LogP contribution in [0.1, 0.15) is 60.9 Å². The third-order valence-corrected chi connectivity index (χ3v) is 4.18. The second-order valence-electron chi connectivity index (χ2n) is 6.00. The van der Waals surface area contributed by atoms with Crippen LogP contribution >= 0.6 is 0 Å². The molecule has 2 amide bonds. The molecule has 1 aliphatic rings. The number of rotatable bonds is 5. The Labute approximate surface area is 176 Å². The monoisotopic (exact) mass is 394 g/mol. The van der Waals surface area contributed by atoms with E-state index in [0.717, 1.165) is 16.2 Å². The SMILES string of the molecule is C=C(NC)c1ccc2c(c1)C(=O)N(C)C2=O.C=CC(/C=C\C)=C(C)\C=C/C.CC. The Balaban J connectivity index is 0.000000532. The molecule has 0 aliphatic carbocycles. The van der Waals surface area contributed by atoms with Crippen molar-refractivity contribution in [3.63, 3.8) is 0 Å². The number of imide groups is 1. The van der Waals surface area contributed by atoms with Crippen LogP contribution in [0.2, 0.25) is 0 Å². The number of nitrogens with one attached hydrogen (secondary N) is 1. The Bertz CT molecular complexity index is 842. The average Bonchev–Trinajstić information content (AvgIpc) is 2.97. The lowest BCUT2D eigenvalue weighted by Gasteiger charge is -2.05. The second-order valence-corrected chi connectivity index (χ2v) is 6.00. The van der Waals surface area contributed by atoms with E-state index in [2.05, 4.69) is 37.6 Å². The molecule has 1 aromatic carbocycles. The van der Waals surface area contributed by atoms with Crippen LogP contribution in [0, 0.1) is 0 Å². The number of nitrogens with zero attached hydrogens (tertiary/aromatic N) is 1. The number of allylic oxidation sites excluding steroid dienone is 7. The molecule has 1 aromatic rings. The Kier molecular flexibility index (Phi) is 11.7. The van der Waals surface area contributed by atoms with E-state index in [1.54, 1.807) is 25.2 Å². The van der Waals surface area contributed by atoms with Crippen molar-refractivity contribution in [1.82, 2.24) is 10.2 Å². The van der Waals surface area contributed by atoms with Gasteiger partial charge in [0.05, 0.1) is 11.1 Å². The van der Waals surface area contributed by atoms with Crippen molar-refractivity contribution in [3.05, 3.63) is 89.6 Å². The van der Waals surface area contributed by atoms with Crippen LogP contribution in [0.3, 0.4) is 0 Å². The lowest BCUT2D eigenvalue weighted by molar-refractivity contribution is 0.0693. The van der Waals surface area contributed by atoms with Gasteiger partial charge >= 0.3 is 0 Å². The molecule has 2 rings (SSSR count). The summed E-state index contributed by atoms with van der Waals surface area (Å²) in [5.41, 5.74) is 4.88. The lowest BCUT2D eigenvalue weighted by Crippen LogP contribution is -2.24. The summed E-state index contributed by atoms with van der Waals surface area (Å²) in [6.07, 6.45) is 10.1. The van der Waals surface area contributed by atoms with Gasteiger partial charge in [0.25, 0.3) is 11.8 Å². The maximum Gasteiger partial charge on any atom is 0.261 e. The van der Waals surface area contributed by atoms with E-state index in [4.69, 9.17) is 0 Å². The maximum atomic E-state index is 11.7. The van der Waals surface area contributed by atoms with Gasteiger partial charge in [0, 0.05) is 19.8 Å². The fourth-order valence-electron chi connectivity index (χ4n) is 2.58. The van der Waals surface area contributed by atoms with Crippen LogP contribution in [-0.4, -0.2) is 30.8 Å². The molecular weight excluding hydrogens is 360 g/mol. The van der Waals surface area contributed by atoms with E-state index in [1.807, 2.05) is 45.9 Å². The average molecular weight is 395 g/mol. The summed E-state index contributed by atoms with van der Waals surface area (Å²) in [7, 11) is 3.24. The quantitative estimate of drug-likeness (QED) is 0.509. The second kappa shape index (κ2) is 13.1. The molecule has 4 nitrogen and oxygen atoms in total. The maximum absolute atomic E-state index is 11.7. The summed E-state index contributed by atoms with van der Waals surface area (Å²) in [4.78, 5) is 24.5. The minimum atomic E-state index is -0.259. The van der Waals surface area contributed by atoms with Crippen LogP contribution in [0.5, 0.6) is 0 Å². The van der Waals surface area contributed by atoms with Gasteiger partial charge in [-0.15, -0.1) is 0 Å². The minimum absolute atomic E-state index is 0.249. The van der Waals surface area contributed by atoms with Crippen LogP contribution in [-0.2, 0) is 0 Å². The number of carbonyl (C=O) groups is 2. The van der Waals surface area contributed by atoms with Crippen molar-refractivity contribution >= 4 is 17.5 Å². The standard InChI is InChI=1S/C12H12N2O2.C11H16.C2H6/c1-7(13-2)8-4-5-9-10(6-8)12(16)14(3)11(9)15;1-5-8-10(4)11(7-3)9-6-2;1-2/h4-6,13H,1H2,2-3H3;5-9H,3H2,1-2,4H3;1-2H3/b;8-5-,9-6-,11-10+;. The predicted octanol–water partition coefficient (Wildman–Crippen LogP) is 5.77. The van der Waals surface area contributed by atoms with Gasteiger partial charge in [0.1, 0.15) is 0 Å². The fraction of sp³-hybridized carbons (Fsp3) is 0.280. The highest BCUT2D eigenvalue weighted by Gasteiger charge is 2.32. The minimum Gasteiger partial charge on any atom is -0.388 e. The molecule has 0 saturated carbocycles. The van der Waals surface area contributed by atoms with Crippen molar-refractivity contribution < 1.29 is 9.59 Å². The predicted molar refractivity (Wildman–Crippen MR) is 125 cm³/mol. The number of fused-ring (bicyclic) bond motifs is 1. The van der Waals surface area contributed by atoms with Crippen molar-refractivity contribution in [1.29, 1.82) is 0 Å². The molecule has 0 saturated heterocycles. The Hall–Kier alpha value is -3.14. The molecule has 0 fully saturated rings. The number of hydrogen-bond donors (Lipinski definition) is 1. The van der Waals surface area contributed by atoms with Gasteiger partial charge in [-0.25, -0.2) is 0 Å². The van der Waals surface area contributed by atoms with E-state index in [1.165, 1.54) is 18.2 Å². The first-order valence-electron chi connectivity index (χ1n) is 9.74. The van der Waals surface area contributed by atoms with Crippen LogP contribution in [0.4, 0.5) is 0 Å². The molecule has 29 heavy (non-hydrogen) atoms. The largest absolute Gasteiger partial charge is 0.388 e. The Morgan fingerprint density at radius 2 is 1.59 bits per heavy atom. The van der Waals surface area contributed by atoms with Gasteiger partial charge in [-0.3, -0.25) is 14.5 Å². The van der Waals surface area contributed by atoms with Crippen molar-refractivity contribution in [2.75, 3.05) is 14.1 Å². The smallest absolute Gasteiger partial charge is 0.261 e. The molecule has 0 unspecified atom stereocenters. The van der Waals surface area contributed by atoms with Gasteiger partial charge in [0.2, 0.25) is 0 Å². The first kappa shape index (κ1) is 25.9. The zero-order valence-corrected chi connectivity index (χ0v) is 18.8. The fourth-order valence-corrected chi connectivity index (χ4v) is 2.58. The number of hydrogen-bond acceptors (Lipinski definition) is 3. The highest BCUT2D eigenvalue weighted by atomic mass is 16.2. The Morgan fingerprint density at radius 1 is 1.03 bits per heavy atom. The van der Waals surface area contributed by atoms with Crippen molar-refractivity contribution in [2.45, 2.75) is 34.6 Å². The van der Waals surface area contributed by atoms with Crippen molar-refractivity contribution in [3.8, 4) is 0 Å². The summed E-state index contributed by atoms with van der Waals surface area (Å²) in [6, 6.07) is 5.14. The summed E-state index contributed by atoms with van der Waals surface area (Å²) < 4.78 is 0. The van der Waals surface area contributed by atoms with Crippen LogP contribution in [0.15, 0.2) is 72.9 Å². The van der Waals surface area contributed by atoms with E-state index in [0.29, 0.717) is 11.1 Å². The van der Waals surface area contributed by atoms with Crippen LogP contribution < -0.4 is 5.32 Å². The molecule has 0 bridgehead atoms. The first-order valence-corrected chi connectivity index (χ1v) is 9.74. The number of carbonyl (C=O) groups excluding carboxylic acids is 2. The zero-order chi connectivity index (χ0) is 22.6. The van der Waals surface area contributed by atoms with E-state index in [9.17, 15) is 9.59 Å². The van der Waals surface area contributed by atoms with Gasteiger partial charge in [0.15, 0.2) is 0 Å². The summed E-state index contributed by atoms with van der Waals surface area (Å²) >= 11 is 0. The van der Waals surface area contributed by atoms with Crippen molar-refractivity contribution in [2.24, 2.45) is 0 Å². The molecule has 1 heterocycles. The highest BCUT2D eigenvalue weighted by Crippen LogP contribution is 2.24. The van der Waals surface area contributed by atoms with E-state index >= 15 is 0 Å². The summed E-state index contributed by atoms with van der Waals surface area (Å²) in [6.45, 7) is 17.7. The highest BCUT2D eigenvalue weighted by molar-refractivity contribution is 6.21. The molecule has 156 valence electrons. The molecule has 0 aromatic heterocycles. The summed E-state index contributed by atoms with van der Waals surface area (Å²) in [5, 5.41) is 2.91. The molecule has 0 spiro atoms. The van der Waals surface area contributed by atoms with Gasteiger partial charge in [-0.2, -0.15) is 0 Å². The lowest BCUT2D eigenvalue weighted by atomic mass is 10.0. The molecule has 0 atom stereocenters. The number of benzene rings is 1. The summed E-state index contributed by atoms with van der Waals surface area (Å²) in [5.74, 6) is -0.507. The topological polar surface area (TPSA) is 49.4 Å². The third kappa shape index (κ3) is 6.75. The number of amides is 2.